The molecule has 1 heterocycles. The molecule has 9 heteroatoms. The molecule has 0 spiro atoms. The number of nitrogen functional groups attached to an aromatic ring is 1. The van der Waals surface area contributed by atoms with Gasteiger partial charge in [0.05, 0.1) is 54.5 Å². The van der Waals surface area contributed by atoms with Crippen molar-refractivity contribution >= 4 is 40.8 Å². The van der Waals surface area contributed by atoms with Gasteiger partial charge in [-0.3, -0.25) is 9.59 Å². The van der Waals surface area contributed by atoms with Gasteiger partial charge in [0.15, 0.2) is 0 Å². The largest absolute Gasteiger partial charge is 0.466 e. The third-order valence-electron chi connectivity index (χ3n) is 6.36. The number of nitrogens with zero attached hydrogens (tertiary/aromatic N) is 1. The number of carbonyl (C=O) groups excluding carboxylic acids is 2. The maximum absolute atomic E-state index is 13.1. The van der Waals surface area contributed by atoms with Crippen LogP contribution in [0.1, 0.15) is 44.6 Å². The van der Waals surface area contributed by atoms with E-state index < -0.39 is 0 Å². The first-order valence-electron chi connectivity index (χ1n) is 11.2. The second kappa shape index (κ2) is 11.5. The number of carbonyl (C=O) groups is 2. The van der Waals surface area contributed by atoms with Crippen molar-refractivity contribution in [1.29, 1.82) is 0 Å². The Labute approximate surface area is 199 Å². The van der Waals surface area contributed by atoms with Crippen molar-refractivity contribution in [3.8, 4) is 0 Å². The van der Waals surface area contributed by atoms with Crippen LogP contribution in [0.15, 0.2) is 12.1 Å². The Morgan fingerprint density at radius 2 is 1.84 bits per heavy atom. The van der Waals surface area contributed by atoms with Crippen molar-refractivity contribution < 1.29 is 23.8 Å². The molecule has 1 amide bonds. The summed E-state index contributed by atoms with van der Waals surface area (Å²) >= 11 is 12.4. The molecular weight excluding hydrogens is 455 g/mol. The normalized spacial score (nSPS) is 25.7. The lowest BCUT2D eigenvalue weighted by molar-refractivity contribution is -0.150. The van der Waals surface area contributed by atoms with Gasteiger partial charge in [0.25, 0.3) is 0 Å². The number of esters is 1. The van der Waals surface area contributed by atoms with E-state index in [2.05, 4.69) is 0 Å². The summed E-state index contributed by atoms with van der Waals surface area (Å²) in [5, 5.41) is 0.806. The highest BCUT2D eigenvalue weighted by atomic mass is 35.5. The van der Waals surface area contributed by atoms with Gasteiger partial charge in [0.1, 0.15) is 0 Å². The lowest BCUT2D eigenvalue weighted by atomic mass is 9.87. The minimum atomic E-state index is -0.108. The molecule has 2 aliphatic rings. The van der Waals surface area contributed by atoms with Gasteiger partial charge in [0.2, 0.25) is 5.91 Å². The van der Waals surface area contributed by atoms with Gasteiger partial charge in [0, 0.05) is 18.7 Å². The molecule has 32 heavy (non-hydrogen) atoms. The molecule has 2 atom stereocenters. The number of rotatable bonds is 8. The topological polar surface area (TPSA) is 91.1 Å². The van der Waals surface area contributed by atoms with E-state index in [0.717, 1.165) is 32.1 Å². The average molecular weight is 487 g/mol. The highest BCUT2D eigenvalue weighted by Crippen LogP contribution is 2.30. The Morgan fingerprint density at radius 1 is 1.12 bits per heavy atom. The number of halogens is 2. The van der Waals surface area contributed by atoms with Crippen molar-refractivity contribution in [2.45, 2.75) is 63.7 Å². The molecule has 2 fully saturated rings. The van der Waals surface area contributed by atoms with Crippen molar-refractivity contribution in [3.63, 3.8) is 0 Å². The molecule has 0 aromatic heterocycles. The summed E-state index contributed by atoms with van der Waals surface area (Å²) in [7, 11) is 1.66. The van der Waals surface area contributed by atoms with Gasteiger partial charge in [-0.05, 0) is 56.7 Å². The van der Waals surface area contributed by atoms with Crippen molar-refractivity contribution in [2.75, 3.05) is 32.6 Å². The first-order chi connectivity index (χ1) is 15.3. The van der Waals surface area contributed by atoms with Crippen LogP contribution in [0.2, 0.25) is 10.0 Å². The van der Waals surface area contributed by atoms with Gasteiger partial charge in [-0.1, -0.05) is 23.2 Å². The zero-order chi connectivity index (χ0) is 23.3. The highest BCUT2D eigenvalue weighted by molar-refractivity contribution is 6.35. The van der Waals surface area contributed by atoms with E-state index in [0.29, 0.717) is 41.1 Å². The molecule has 1 saturated heterocycles. The summed E-state index contributed by atoms with van der Waals surface area (Å²) in [5.41, 5.74) is 6.81. The zero-order valence-corrected chi connectivity index (χ0v) is 20.2. The van der Waals surface area contributed by atoms with E-state index in [-0.39, 0.29) is 42.5 Å². The first-order valence-corrected chi connectivity index (χ1v) is 11.9. The highest BCUT2D eigenvalue weighted by Gasteiger charge is 2.36. The van der Waals surface area contributed by atoms with E-state index in [1.165, 1.54) is 0 Å². The SMILES string of the molecule is CCOC(=O)[C@H]1CC[C@H](OC[C@@H]2C[C@H](OC)CN2C(=O)Cc2cc(Cl)c(N)cc2Cl)CC1. The second-order valence-electron chi connectivity index (χ2n) is 8.49. The molecule has 3 rings (SSSR count). The third-order valence-corrected chi connectivity index (χ3v) is 7.03. The van der Waals surface area contributed by atoms with Crippen LogP contribution in [0.3, 0.4) is 0 Å². The molecule has 0 radical (unpaired) electrons. The number of nitrogens with two attached hydrogens (primary N) is 1. The van der Waals surface area contributed by atoms with Crippen molar-refractivity contribution in [3.05, 3.63) is 27.7 Å². The number of ether oxygens (including phenoxy) is 3. The second-order valence-corrected chi connectivity index (χ2v) is 9.31. The molecule has 7 nitrogen and oxygen atoms in total. The van der Waals surface area contributed by atoms with E-state index >= 15 is 0 Å². The van der Waals surface area contributed by atoms with Gasteiger partial charge < -0.3 is 24.8 Å². The van der Waals surface area contributed by atoms with Gasteiger partial charge in [-0.2, -0.15) is 0 Å². The number of hydrogen-bond acceptors (Lipinski definition) is 6. The van der Waals surface area contributed by atoms with Crippen molar-refractivity contribution in [1.82, 2.24) is 4.90 Å². The summed E-state index contributed by atoms with van der Waals surface area (Å²) < 4.78 is 16.8. The molecule has 1 aliphatic carbocycles. The zero-order valence-electron chi connectivity index (χ0n) is 18.6. The molecule has 1 saturated carbocycles. The predicted octanol–water partition coefficient (Wildman–Crippen LogP) is 3.87. The Hall–Kier alpha value is -1.54. The van der Waals surface area contributed by atoms with Crippen LogP contribution in [0.25, 0.3) is 0 Å². The number of methoxy groups -OCH3 is 1. The molecule has 178 valence electrons. The van der Waals surface area contributed by atoms with Crippen LogP contribution >= 0.6 is 23.2 Å². The van der Waals surface area contributed by atoms with E-state index in [4.69, 9.17) is 43.1 Å². The quantitative estimate of drug-likeness (QED) is 0.442. The van der Waals surface area contributed by atoms with Gasteiger partial charge in [-0.25, -0.2) is 0 Å². The molecule has 2 N–H and O–H groups in total. The summed E-state index contributed by atoms with van der Waals surface area (Å²) in [6.07, 6.45) is 4.09. The van der Waals surface area contributed by atoms with E-state index in [1.807, 2.05) is 11.8 Å². The van der Waals surface area contributed by atoms with Crippen LogP contribution in [-0.4, -0.2) is 61.9 Å². The Bertz CT molecular complexity index is 814. The molecular formula is C23H32Cl2N2O5. The summed E-state index contributed by atoms with van der Waals surface area (Å²) in [6.45, 7) is 3.19. The number of benzene rings is 1. The third kappa shape index (κ3) is 6.28. The fourth-order valence-corrected chi connectivity index (χ4v) is 4.91. The molecule has 0 unspecified atom stereocenters. The van der Waals surface area contributed by atoms with Gasteiger partial charge >= 0.3 is 5.97 Å². The minimum Gasteiger partial charge on any atom is -0.466 e. The first kappa shape index (κ1) is 25.1. The Balaban J connectivity index is 1.55. The maximum Gasteiger partial charge on any atom is 0.308 e. The maximum atomic E-state index is 13.1. The van der Waals surface area contributed by atoms with E-state index in [1.54, 1.807) is 19.2 Å². The summed E-state index contributed by atoms with van der Waals surface area (Å²) in [5.74, 6) is -0.191. The number of hydrogen-bond donors (Lipinski definition) is 1. The Morgan fingerprint density at radius 3 is 2.50 bits per heavy atom. The minimum absolute atomic E-state index is 0.0300. The van der Waals surface area contributed by atoms with Crippen LogP contribution in [0, 0.1) is 5.92 Å². The van der Waals surface area contributed by atoms with Crippen LogP contribution in [-0.2, 0) is 30.2 Å². The molecule has 1 aromatic carbocycles. The lowest BCUT2D eigenvalue weighted by Crippen LogP contribution is -2.40. The smallest absolute Gasteiger partial charge is 0.308 e. The van der Waals surface area contributed by atoms with Gasteiger partial charge in [-0.15, -0.1) is 0 Å². The molecule has 1 aliphatic heterocycles. The van der Waals surface area contributed by atoms with Crippen molar-refractivity contribution in [2.24, 2.45) is 5.92 Å². The summed E-state index contributed by atoms with van der Waals surface area (Å²) in [6, 6.07) is 3.15. The molecule has 0 bridgehead atoms. The predicted molar refractivity (Wildman–Crippen MR) is 124 cm³/mol. The number of likely N-dealkylation sites (tertiary alicyclic amines) is 1. The number of amides is 1. The number of anilines is 1. The fraction of sp³-hybridized carbons (Fsp3) is 0.652. The molecule has 1 aromatic rings. The standard InChI is InChI=1S/C23H32Cl2N2O5/c1-3-31-23(29)14-4-6-17(7-5-14)32-13-16-10-18(30-2)12-27(16)22(28)9-15-8-20(25)21(26)11-19(15)24/h8,11,14,16-18H,3-7,9-10,12-13,26H2,1-2H3/t14-,16-,17-,18-/m0/s1. The average Bonchev–Trinajstić information content (AvgIpc) is 3.20. The van der Waals surface area contributed by atoms with Crippen LogP contribution in [0.5, 0.6) is 0 Å². The summed E-state index contributed by atoms with van der Waals surface area (Å²) in [4.78, 5) is 26.8. The Kier molecular flexibility index (Phi) is 9.05. The van der Waals surface area contributed by atoms with E-state index in [9.17, 15) is 9.59 Å². The van der Waals surface area contributed by atoms with Crippen LogP contribution < -0.4 is 5.73 Å². The van der Waals surface area contributed by atoms with Crippen LogP contribution in [0.4, 0.5) is 5.69 Å². The lowest BCUT2D eigenvalue weighted by Gasteiger charge is -2.30. The monoisotopic (exact) mass is 486 g/mol. The fourth-order valence-electron chi connectivity index (χ4n) is 4.48.